The number of carbonyl (C=O) groups is 2. The molecule has 0 unspecified atom stereocenters. The Morgan fingerprint density at radius 1 is 1.17 bits per heavy atom. The third-order valence-electron chi connectivity index (χ3n) is 0.158. The number of hydrogen-bond donors (Lipinski definition) is 4. The third-order valence-corrected chi connectivity index (χ3v) is 0.158. The molecule has 0 radical (unpaired) electrons. The number of carboxylic acid groups (broad SMARTS) is 2. The molecule has 0 spiro atoms. The van der Waals surface area contributed by atoms with Crippen LogP contribution in [0.4, 0.5) is 0 Å². The van der Waals surface area contributed by atoms with Crippen molar-refractivity contribution >= 4 is 11.9 Å². The molecule has 0 atom stereocenters. The van der Waals surface area contributed by atoms with Crippen molar-refractivity contribution in [3.05, 3.63) is 0 Å². The predicted octanol–water partition coefficient (Wildman–Crippen LogP) is 0.167. The smallest absolute Gasteiger partial charge is 0.300 e. The number of carboxylic acids is 2. The van der Waals surface area contributed by atoms with E-state index in [2.05, 4.69) is 0 Å². The molecule has 0 aliphatic rings. The van der Waals surface area contributed by atoms with E-state index in [0.717, 1.165) is 13.8 Å². The van der Waals surface area contributed by atoms with Crippen molar-refractivity contribution in [2.75, 3.05) is 6.54 Å². The standard InChI is InChI=1S/C2H7NO.2C2H4O2/c1-2-3-4;2*1-2(3)4/h3-4H,2H2,1H3;2*1H3,(H,3,4). The summed E-state index contributed by atoms with van der Waals surface area (Å²) in [5.74, 6) is -1.67. The Labute approximate surface area is 70.8 Å². The summed E-state index contributed by atoms with van der Waals surface area (Å²) in [7, 11) is 0. The Balaban J connectivity index is -0.000000101. The van der Waals surface area contributed by atoms with Crippen molar-refractivity contribution in [2.45, 2.75) is 20.8 Å². The SMILES string of the molecule is CC(=O)O.CC(=O)O.CCNO. The molecule has 0 aromatic heterocycles. The van der Waals surface area contributed by atoms with Crippen molar-refractivity contribution in [2.24, 2.45) is 0 Å². The number of nitrogens with one attached hydrogen (secondary N) is 1. The van der Waals surface area contributed by atoms with E-state index >= 15 is 0 Å². The van der Waals surface area contributed by atoms with Crippen molar-refractivity contribution in [1.82, 2.24) is 5.48 Å². The van der Waals surface area contributed by atoms with Gasteiger partial charge in [0, 0.05) is 20.4 Å². The van der Waals surface area contributed by atoms with Gasteiger partial charge < -0.3 is 15.4 Å². The molecular formula is C6H15NO5. The van der Waals surface area contributed by atoms with Crippen LogP contribution >= 0.6 is 0 Å². The maximum absolute atomic E-state index is 9.00. The Hall–Kier alpha value is -1.14. The predicted molar refractivity (Wildman–Crippen MR) is 42.1 cm³/mol. The molecule has 12 heavy (non-hydrogen) atoms. The van der Waals surface area contributed by atoms with E-state index in [-0.39, 0.29) is 0 Å². The fourth-order valence-electron chi connectivity index (χ4n) is 0. The molecule has 74 valence electrons. The van der Waals surface area contributed by atoms with Crippen molar-refractivity contribution in [1.29, 1.82) is 0 Å². The van der Waals surface area contributed by atoms with E-state index in [1.165, 1.54) is 0 Å². The summed E-state index contributed by atoms with van der Waals surface area (Å²) in [6.45, 7) is 4.61. The third kappa shape index (κ3) is 27900. The largest absolute Gasteiger partial charge is 0.481 e. The van der Waals surface area contributed by atoms with Gasteiger partial charge in [-0.15, -0.1) is 0 Å². The topological polar surface area (TPSA) is 107 Å². The first kappa shape index (κ1) is 17.1. The first-order valence-corrected chi connectivity index (χ1v) is 3.14. The average Bonchev–Trinajstić information content (AvgIpc) is 1.85. The fourth-order valence-corrected chi connectivity index (χ4v) is 0. The van der Waals surface area contributed by atoms with Crippen LogP contribution < -0.4 is 5.48 Å². The molecule has 6 heteroatoms. The van der Waals surface area contributed by atoms with Crippen LogP contribution in [0.1, 0.15) is 20.8 Å². The lowest BCUT2D eigenvalue weighted by molar-refractivity contribution is -0.135. The maximum atomic E-state index is 9.00. The summed E-state index contributed by atoms with van der Waals surface area (Å²) in [6.07, 6.45) is 0. The van der Waals surface area contributed by atoms with Crippen LogP contribution in [-0.2, 0) is 9.59 Å². The quantitative estimate of drug-likeness (QED) is 0.429. The van der Waals surface area contributed by atoms with Crippen LogP contribution in [0, 0.1) is 0 Å². The highest BCUT2D eigenvalue weighted by atomic mass is 16.5. The van der Waals surface area contributed by atoms with Gasteiger partial charge in [-0.05, 0) is 0 Å². The van der Waals surface area contributed by atoms with E-state index in [9.17, 15) is 0 Å². The van der Waals surface area contributed by atoms with Gasteiger partial charge in [-0.3, -0.25) is 9.59 Å². The summed E-state index contributed by atoms with van der Waals surface area (Å²) in [5.41, 5.74) is 1.93. The van der Waals surface area contributed by atoms with Gasteiger partial charge in [0.05, 0.1) is 0 Å². The van der Waals surface area contributed by atoms with Crippen LogP contribution in [-0.4, -0.2) is 33.9 Å². The van der Waals surface area contributed by atoms with Crippen LogP contribution in [0.15, 0.2) is 0 Å². The molecule has 0 saturated carbocycles. The zero-order valence-electron chi connectivity index (χ0n) is 7.37. The molecule has 0 aromatic rings. The zero-order chi connectivity index (χ0) is 10.6. The molecule has 0 fully saturated rings. The minimum atomic E-state index is -0.833. The monoisotopic (exact) mass is 181 g/mol. The maximum Gasteiger partial charge on any atom is 0.300 e. The lowest BCUT2D eigenvalue weighted by Gasteiger charge is -1.75. The number of rotatable bonds is 1. The highest BCUT2D eigenvalue weighted by Gasteiger charge is 1.65. The molecule has 0 aliphatic carbocycles. The molecule has 0 saturated heterocycles. The van der Waals surface area contributed by atoms with Gasteiger partial charge in [0.15, 0.2) is 0 Å². The number of hydrogen-bond acceptors (Lipinski definition) is 4. The minimum absolute atomic E-state index is 0.625. The van der Waals surface area contributed by atoms with Crippen molar-refractivity contribution < 1.29 is 25.0 Å². The second-order valence-corrected chi connectivity index (χ2v) is 1.55. The Morgan fingerprint density at radius 2 is 1.25 bits per heavy atom. The number of aliphatic carboxylic acids is 2. The molecule has 0 bridgehead atoms. The molecule has 0 aliphatic heterocycles. The molecule has 4 N–H and O–H groups in total. The summed E-state index contributed by atoms with van der Waals surface area (Å²) in [4.78, 5) is 18.0. The van der Waals surface area contributed by atoms with Crippen molar-refractivity contribution in [3.8, 4) is 0 Å². The van der Waals surface area contributed by atoms with Crippen LogP contribution in [0.2, 0.25) is 0 Å². The Bertz CT molecular complexity index is 92.5. The van der Waals surface area contributed by atoms with E-state index in [1.807, 2.05) is 12.4 Å². The highest BCUT2D eigenvalue weighted by molar-refractivity contribution is 5.63. The Kier molecular flexibility index (Phi) is 23.4. The average molecular weight is 181 g/mol. The van der Waals surface area contributed by atoms with E-state index < -0.39 is 11.9 Å². The molecule has 6 nitrogen and oxygen atoms in total. The van der Waals surface area contributed by atoms with Crippen LogP contribution in [0.5, 0.6) is 0 Å². The Morgan fingerprint density at radius 3 is 1.25 bits per heavy atom. The fraction of sp³-hybridized carbons (Fsp3) is 0.667. The molecule has 0 rings (SSSR count). The highest BCUT2D eigenvalue weighted by Crippen LogP contribution is 1.42. The second-order valence-electron chi connectivity index (χ2n) is 1.55. The van der Waals surface area contributed by atoms with E-state index in [0.29, 0.717) is 6.54 Å². The molecule has 0 heterocycles. The van der Waals surface area contributed by atoms with E-state index in [1.54, 1.807) is 0 Å². The first-order valence-electron chi connectivity index (χ1n) is 3.14. The van der Waals surface area contributed by atoms with Gasteiger partial charge in [-0.1, -0.05) is 6.92 Å². The van der Waals surface area contributed by atoms with Gasteiger partial charge in [0.1, 0.15) is 0 Å². The molecule has 0 aromatic carbocycles. The lowest BCUT2D eigenvalue weighted by Crippen LogP contribution is -2.02. The normalized spacial score (nSPS) is 6.67. The van der Waals surface area contributed by atoms with Crippen LogP contribution in [0.3, 0.4) is 0 Å². The number of hydroxylamine groups is 1. The first-order chi connectivity index (χ1) is 5.38. The van der Waals surface area contributed by atoms with Gasteiger partial charge in [0.25, 0.3) is 11.9 Å². The lowest BCUT2D eigenvalue weighted by atomic mass is 10.8. The van der Waals surface area contributed by atoms with Gasteiger partial charge in [-0.25, -0.2) is 5.48 Å². The minimum Gasteiger partial charge on any atom is -0.481 e. The molecule has 0 amide bonds. The van der Waals surface area contributed by atoms with Crippen LogP contribution in [0.25, 0.3) is 0 Å². The van der Waals surface area contributed by atoms with Crippen molar-refractivity contribution in [3.63, 3.8) is 0 Å². The van der Waals surface area contributed by atoms with Gasteiger partial charge >= 0.3 is 0 Å². The second kappa shape index (κ2) is 16.4. The van der Waals surface area contributed by atoms with Gasteiger partial charge in [-0.2, -0.15) is 0 Å². The summed E-state index contributed by atoms with van der Waals surface area (Å²) >= 11 is 0. The molecular weight excluding hydrogens is 166 g/mol. The zero-order valence-corrected chi connectivity index (χ0v) is 7.37. The van der Waals surface area contributed by atoms with Gasteiger partial charge in [0.2, 0.25) is 0 Å². The summed E-state index contributed by atoms with van der Waals surface area (Å²) in [6, 6.07) is 0. The summed E-state index contributed by atoms with van der Waals surface area (Å²) < 4.78 is 0. The summed E-state index contributed by atoms with van der Waals surface area (Å²) in [5, 5.41) is 22.5. The van der Waals surface area contributed by atoms with E-state index in [4.69, 9.17) is 25.0 Å².